The summed E-state index contributed by atoms with van der Waals surface area (Å²) in [6.45, 7) is 2.13. The Balaban J connectivity index is 1.49. The number of hydrogen-bond acceptors (Lipinski definition) is 4. The molecule has 5 nitrogen and oxygen atoms in total. The lowest BCUT2D eigenvalue weighted by Gasteiger charge is -2.08. The molecule has 30 heavy (non-hydrogen) atoms. The number of benzene rings is 2. The minimum absolute atomic E-state index is 0.169. The molecule has 4 rings (SSSR count). The van der Waals surface area contributed by atoms with Crippen LogP contribution in [0.3, 0.4) is 0 Å². The number of aromatic nitrogens is 3. The molecular weight excluding hydrogens is 406 g/mol. The second-order valence-corrected chi connectivity index (χ2v) is 7.73. The van der Waals surface area contributed by atoms with Crippen LogP contribution in [0.5, 0.6) is 0 Å². The number of carbonyl (C=O) groups excluding carboxylic acids is 1. The van der Waals surface area contributed by atoms with Crippen LogP contribution in [0.15, 0.2) is 65.8 Å². The minimum atomic E-state index is -0.332. The number of amides is 1. The molecule has 4 aromatic rings. The summed E-state index contributed by atoms with van der Waals surface area (Å²) < 4.78 is 28.2. The summed E-state index contributed by atoms with van der Waals surface area (Å²) in [6, 6.07) is 14.1. The number of rotatable bonds is 6. The molecule has 0 spiro atoms. The van der Waals surface area contributed by atoms with Gasteiger partial charge in [-0.25, -0.2) is 18.3 Å². The summed E-state index contributed by atoms with van der Waals surface area (Å²) in [4.78, 5) is 16.8. The molecule has 0 atom stereocenters. The molecule has 0 saturated heterocycles. The average Bonchev–Trinajstić information content (AvgIpc) is 3.15. The first kappa shape index (κ1) is 20.0. The van der Waals surface area contributed by atoms with Gasteiger partial charge in [0.05, 0.1) is 11.9 Å². The molecule has 0 saturated carbocycles. The highest BCUT2D eigenvalue weighted by atomic mass is 32.2. The van der Waals surface area contributed by atoms with Crippen LogP contribution in [0.1, 0.15) is 11.3 Å². The van der Waals surface area contributed by atoms with Crippen LogP contribution < -0.4 is 5.32 Å². The van der Waals surface area contributed by atoms with Crippen molar-refractivity contribution in [2.75, 3.05) is 5.75 Å². The van der Waals surface area contributed by atoms with Crippen LogP contribution in [-0.4, -0.2) is 26.3 Å². The fraction of sp³-hybridized carbons (Fsp3) is 0.136. The lowest BCUT2D eigenvalue weighted by molar-refractivity contribution is -0.118. The third kappa shape index (κ3) is 4.49. The monoisotopic (exact) mass is 424 g/mol. The second kappa shape index (κ2) is 8.62. The van der Waals surface area contributed by atoms with Gasteiger partial charge in [-0.15, -0.1) is 0 Å². The van der Waals surface area contributed by atoms with Crippen molar-refractivity contribution in [1.29, 1.82) is 0 Å². The Hall–Kier alpha value is -3.26. The normalized spacial score (nSPS) is 11.0. The van der Waals surface area contributed by atoms with E-state index in [1.165, 1.54) is 36.0 Å². The molecule has 2 aromatic heterocycles. The Morgan fingerprint density at radius 2 is 1.90 bits per heavy atom. The highest BCUT2D eigenvalue weighted by molar-refractivity contribution is 7.99. The van der Waals surface area contributed by atoms with E-state index in [1.807, 2.05) is 13.0 Å². The molecule has 8 heteroatoms. The van der Waals surface area contributed by atoms with Gasteiger partial charge in [0.1, 0.15) is 16.7 Å². The summed E-state index contributed by atoms with van der Waals surface area (Å²) in [5.41, 5.74) is 3.73. The van der Waals surface area contributed by atoms with Gasteiger partial charge < -0.3 is 5.32 Å². The smallest absolute Gasteiger partial charge is 0.230 e. The first-order valence-electron chi connectivity index (χ1n) is 9.25. The zero-order valence-electron chi connectivity index (χ0n) is 16.1. The predicted molar refractivity (Wildman–Crippen MR) is 112 cm³/mol. The van der Waals surface area contributed by atoms with E-state index < -0.39 is 0 Å². The third-order valence-corrected chi connectivity index (χ3v) is 5.45. The van der Waals surface area contributed by atoms with E-state index >= 15 is 0 Å². The first-order chi connectivity index (χ1) is 14.5. The molecule has 0 unspecified atom stereocenters. The first-order valence-corrected chi connectivity index (χ1v) is 10.2. The Labute approximate surface area is 176 Å². The summed E-state index contributed by atoms with van der Waals surface area (Å²) in [6.07, 6.45) is 1.68. The molecule has 0 radical (unpaired) electrons. The van der Waals surface area contributed by atoms with Crippen molar-refractivity contribution < 1.29 is 13.6 Å². The van der Waals surface area contributed by atoms with Crippen molar-refractivity contribution in [1.82, 2.24) is 19.9 Å². The number of thioether (sulfide) groups is 1. The fourth-order valence-corrected chi connectivity index (χ4v) is 3.91. The molecule has 0 aliphatic carbocycles. The fourth-order valence-electron chi connectivity index (χ4n) is 3.02. The van der Waals surface area contributed by atoms with Crippen LogP contribution in [0.25, 0.3) is 16.8 Å². The molecule has 2 heterocycles. The van der Waals surface area contributed by atoms with Gasteiger partial charge in [-0.3, -0.25) is 4.79 Å². The van der Waals surface area contributed by atoms with Gasteiger partial charge in [-0.05, 0) is 48.4 Å². The average molecular weight is 424 g/mol. The van der Waals surface area contributed by atoms with Gasteiger partial charge in [0.25, 0.3) is 0 Å². The lowest BCUT2D eigenvalue weighted by Crippen LogP contribution is -2.24. The summed E-state index contributed by atoms with van der Waals surface area (Å²) in [7, 11) is 0. The van der Waals surface area contributed by atoms with E-state index in [-0.39, 0.29) is 29.8 Å². The van der Waals surface area contributed by atoms with Gasteiger partial charge >= 0.3 is 0 Å². The second-order valence-electron chi connectivity index (χ2n) is 6.73. The van der Waals surface area contributed by atoms with Crippen molar-refractivity contribution in [3.63, 3.8) is 0 Å². The van der Waals surface area contributed by atoms with E-state index in [9.17, 15) is 13.6 Å². The Morgan fingerprint density at radius 3 is 2.67 bits per heavy atom. The van der Waals surface area contributed by atoms with Crippen LogP contribution in [0, 0.1) is 18.6 Å². The van der Waals surface area contributed by atoms with Crippen molar-refractivity contribution in [3.05, 3.63) is 83.7 Å². The highest BCUT2D eigenvalue weighted by Crippen LogP contribution is 2.27. The quantitative estimate of drug-likeness (QED) is 0.368. The summed E-state index contributed by atoms with van der Waals surface area (Å²) in [5, 5.41) is 7.96. The standard InChI is InChI=1S/C22H18F2N4OS/c1-14-9-21(30-13-20(29)25-11-15-3-2-4-18(24)10-15)28-22(27-14)19(12-26-28)16-5-7-17(23)8-6-16/h2-10,12H,11,13H2,1H3,(H,25,29). The molecule has 2 aromatic carbocycles. The number of nitrogens with one attached hydrogen (secondary N) is 1. The van der Waals surface area contributed by atoms with Gasteiger partial charge in [0, 0.05) is 17.8 Å². The number of nitrogens with zero attached hydrogens (tertiary/aromatic N) is 3. The molecule has 0 aliphatic heterocycles. The number of halogens is 2. The predicted octanol–water partition coefficient (Wildman–Crippen LogP) is 4.39. The van der Waals surface area contributed by atoms with Crippen LogP contribution in [-0.2, 0) is 11.3 Å². The number of aryl methyl sites for hydroxylation is 1. The molecule has 0 bridgehead atoms. The van der Waals surface area contributed by atoms with Crippen molar-refractivity contribution in [2.24, 2.45) is 0 Å². The Bertz CT molecular complexity index is 1210. The third-order valence-electron chi connectivity index (χ3n) is 4.45. The van der Waals surface area contributed by atoms with Crippen LogP contribution in [0.4, 0.5) is 8.78 Å². The van der Waals surface area contributed by atoms with E-state index in [4.69, 9.17) is 0 Å². The number of hydrogen-bond donors (Lipinski definition) is 1. The van der Waals surface area contributed by atoms with E-state index in [0.29, 0.717) is 11.2 Å². The minimum Gasteiger partial charge on any atom is -0.351 e. The Morgan fingerprint density at radius 1 is 1.10 bits per heavy atom. The zero-order chi connectivity index (χ0) is 21.1. The van der Waals surface area contributed by atoms with Gasteiger partial charge in [0.15, 0.2) is 5.65 Å². The molecular formula is C22H18F2N4OS. The topological polar surface area (TPSA) is 59.3 Å². The van der Waals surface area contributed by atoms with Crippen LogP contribution in [0.2, 0.25) is 0 Å². The van der Waals surface area contributed by atoms with Crippen molar-refractivity contribution in [2.45, 2.75) is 18.5 Å². The van der Waals surface area contributed by atoms with Crippen molar-refractivity contribution >= 4 is 23.3 Å². The molecule has 152 valence electrons. The van der Waals surface area contributed by atoms with E-state index in [1.54, 1.807) is 35.0 Å². The van der Waals surface area contributed by atoms with Crippen LogP contribution >= 0.6 is 11.8 Å². The largest absolute Gasteiger partial charge is 0.351 e. The Kier molecular flexibility index (Phi) is 5.76. The summed E-state index contributed by atoms with van der Waals surface area (Å²) >= 11 is 1.34. The summed E-state index contributed by atoms with van der Waals surface area (Å²) in [5.74, 6) is -0.626. The van der Waals surface area contributed by atoms with E-state index in [0.717, 1.165) is 21.8 Å². The molecule has 0 aliphatic rings. The maximum atomic E-state index is 13.2. The number of fused-ring (bicyclic) bond motifs is 1. The lowest BCUT2D eigenvalue weighted by atomic mass is 10.1. The number of carbonyl (C=O) groups is 1. The van der Waals surface area contributed by atoms with Gasteiger partial charge in [0.2, 0.25) is 5.91 Å². The van der Waals surface area contributed by atoms with Gasteiger partial charge in [-0.2, -0.15) is 5.10 Å². The maximum absolute atomic E-state index is 13.2. The molecule has 0 fully saturated rings. The SMILES string of the molecule is Cc1cc(SCC(=O)NCc2cccc(F)c2)n2ncc(-c3ccc(F)cc3)c2n1. The molecule has 1 amide bonds. The van der Waals surface area contributed by atoms with E-state index in [2.05, 4.69) is 15.4 Å². The molecule has 1 N–H and O–H groups in total. The van der Waals surface area contributed by atoms with Crippen molar-refractivity contribution in [3.8, 4) is 11.1 Å². The maximum Gasteiger partial charge on any atom is 0.230 e. The highest BCUT2D eigenvalue weighted by Gasteiger charge is 2.14. The zero-order valence-corrected chi connectivity index (χ0v) is 16.9. The van der Waals surface area contributed by atoms with Gasteiger partial charge in [-0.1, -0.05) is 36.0 Å².